The van der Waals surface area contributed by atoms with Gasteiger partial charge in [0.1, 0.15) is 5.54 Å². The molecule has 3 aromatic carbocycles. The van der Waals surface area contributed by atoms with Gasteiger partial charge in [0, 0.05) is 28.9 Å². The minimum atomic E-state index is -1.30. The van der Waals surface area contributed by atoms with Gasteiger partial charge in [-0.1, -0.05) is 78.4 Å². The number of rotatable bonds is 4. The summed E-state index contributed by atoms with van der Waals surface area (Å²) in [5.41, 5.74) is 1.64. The molecule has 3 aliphatic rings. The van der Waals surface area contributed by atoms with Gasteiger partial charge < -0.3 is 4.90 Å². The van der Waals surface area contributed by atoms with Crippen LogP contribution in [0.4, 0.5) is 11.4 Å². The fraction of sp³-hybridized carbons (Fsp3) is 0.207. The largest absolute Gasteiger partial charge is 0.306 e. The van der Waals surface area contributed by atoms with Gasteiger partial charge in [0.25, 0.3) is 5.91 Å². The molecule has 6 nitrogen and oxygen atoms in total. The molecule has 4 atom stereocenters. The van der Waals surface area contributed by atoms with Crippen molar-refractivity contribution in [1.29, 1.82) is 0 Å². The molecule has 180 valence electrons. The Labute approximate surface area is 214 Å². The number of nitrogens with one attached hydrogen (secondary N) is 1. The van der Waals surface area contributed by atoms with Gasteiger partial charge in [0.2, 0.25) is 11.8 Å². The molecular weight excluding hydrogens is 474 g/mol. The molecule has 1 spiro atoms. The number of nitrogens with zero attached hydrogens (tertiary/aromatic N) is 2. The Kier molecular flexibility index (Phi) is 5.32. The molecule has 2 saturated heterocycles. The highest BCUT2D eigenvalue weighted by molar-refractivity contribution is 6.31. The predicted octanol–water partition coefficient (Wildman–Crippen LogP) is 4.39. The van der Waals surface area contributed by atoms with Crippen molar-refractivity contribution >= 4 is 46.8 Å². The molecule has 3 aromatic rings. The first-order valence-corrected chi connectivity index (χ1v) is 12.4. The van der Waals surface area contributed by atoms with E-state index in [1.807, 2.05) is 73.7 Å². The number of para-hydroxylation sites is 1. The zero-order valence-corrected chi connectivity index (χ0v) is 20.4. The van der Waals surface area contributed by atoms with Crippen LogP contribution < -0.4 is 15.1 Å². The van der Waals surface area contributed by atoms with Crippen LogP contribution in [0.2, 0.25) is 5.02 Å². The number of hydrogen-bond acceptors (Lipinski definition) is 4. The van der Waals surface area contributed by atoms with E-state index in [0.717, 1.165) is 16.8 Å². The van der Waals surface area contributed by atoms with Crippen LogP contribution in [-0.2, 0) is 19.9 Å². The molecule has 36 heavy (non-hydrogen) atoms. The van der Waals surface area contributed by atoms with Crippen LogP contribution in [0.15, 0.2) is 84.9 Å². The molecule has 3 amide bonds. The van der Waals surface area contributed by atoms with Gasteiger partial charge in [0.05, 0.1) is 17.5 Å². The third kappa shape index (κ3) is 3.18. The molecule has 7 heteroatoms. The monoisotopic (exact) mass is 497 g/mol. The van der Waals surface area contributed by atoms with Crippen molar-refractivity contribution in [2.45, 2.75) is 18.5 Å². The predicted molar refractivity (Wildman–Crippen MR) is 139 cm³/mol. The Morgan fingerprint density at radius 1 is 0.944 bits per heavy atom. The third-order valence-electron chi connectivity index (χ3n) is 7.48. The molecule has 0 radical (unpaired) electrons. The number of anilines is 2. The van der Waals surface area contributed by atoms with Gasteiger partial charge >= 0.3 is 0 Å². The zero-order valence-electron chi connectivity index (χ0n) is 19.6. The number of halogens is 1. The van der Waals surface area contributed by atoms with E-state index in [2.05, 4.69) is 5.32 Å². The lowest BCUT2D eigenvalue weighted by molar-refractivity contribution is -0.132. The molecule has 0 saturated carbocycles. The number of hydrogen-bond donors (Lipinski definition) is 1. The van der Waals surface area contributed by atoms with E-state index in [9.17, 15) is 14.4 Å². The summed E-state index contributed by atoms with van der Waals surface area (Å²) in [4.78, 5) is 44.6. The lowest BCUT2D eigenvalue weighted by atomic mass is 9.76. The van der Waals surface area contributed by atoms with Crippen molar-refractivity contribution in [2.75, 3.05) is 16.3 Å². The van der Waals surface area contributed by atoms with Crippen LogP contribution in [0.3, 0.4) is 0 Å². The molecule has 0 bridgehead atoms. The smallest absolute Gasteiger partial charge is 0.253 e. The number of amides is 3. The van der Waals surface area contributed by atoms with E-state index >= 15 is 0 Å². The minimum Gasteiger partial charge on any atom is -0.306 e. The Hall–Kier alpha value is -3.74. The summed E-state index contributed by atoms with van der Waals surface area (Å²) < 4.78 is 0. The number of fused-ring (bicyclic) bond motifs is 4. The van der Waals surface area contributed by atoms with Gasteiger partial charge in [-0.25, -0.2) is 4.90 Å². The van der Waals surface area contributed by atoms with Crippen LogP contribution in [0.5, 0.6) is 0 Å². The van der Waals surface area contributed by atoms with Crippen LogP contribution in [0, 0.1) is 11.8 Å². The average molecular weight is 498 g/mol. The second kappa shape index (κ2) is 8.43. The van der Waals surface area contributed by atoms with Crippen molar-refractivity contribution in [3.8, 4) is 0 Å². The van der Waals surface area contributed by atoms with E-state index in [0.29, 0.717) is 17.3 Å². The first kappa shape index (κ1) is 22.7. The third-order valence-corrected chi connectivity index (χ3v) is 7.71. The number of benzene rings is 3. The van der Waals surface area contributed by atoms with Crippen molar-refractivity contribution in [3.63, 3.8) is 0 Å². The van der Waals surface area contributed by atoms with Gasteiger partial charge in [-0.15, -0.1) is 0 Å². The van der Waals surface area contributed by atoms with E-state index in [1.165, 1.54) is 4.90 Å². The van der Waals surface area contributed by atoms with Crippen LogP contribution in [-0.4, -0.2) is 30.3 Å². The SMILES string of the molecule is C[C@@H]1N[C@]2(C(=O)N(C/C=C\c3ccccc3)c3ccccc32)[C@H]2C(=O)N(c3cccc(Cl)c3)C(=O)[C@H]12. The molecular formula is C29H24ClN3O3. The van der Waals surface area contributed by atoms with Crippen molar-refractivity contribution < 1.29 is 14.4 Å². The molecule has 2 fully saturated rings. The average Bonchev–Trinajstić information content (AvgIpc) is 3.43. The lowest BCUT2D eigenvalue weighted by Crippen LogP contribution is -2.55. The van der Waals surface area contributed by atoms with E-state index in [-0.39, 0.29) is 23.8 Å². The summed E-state index contributed by atoms with van der Waals surface area (Å²) in [6.07, 6.45) is 3.91. The Morgan fingerprint density at radius 3 is 2.47 bits per heavy atom. The fourth-order valence-corrected chi connectivity index (χ4v) is 6.20. The molecule has 3 aliphatic heterocycles. The maximum atomic E-state index is 14.2. The van der Waals surface area contributed by atoms with E-state index in [1.54, 1.807) is 29.2 Å². The Balaban J connectivity index is 1.40. The molecule has 0 aliphatic carbocycles. The first-order chi connectivity index (χ1) is 17.4. The quantitative estimate of drug-likeness (QED) is 0.543. The Bertz CT molecular complexity index is 1420. The van der Waals surface area contributed by atoms with Crippen LogP contribution in [0.1, 0.15) is 18.1 Å². The van der Waals surface area contributed by atoms with Crippen molar-refractivity contribution in [1.82, 2.24) is 5.32 Å². The maximum absolute atomic E-state index is 14.2. The molecule has 6 rings (SSSR count). The first-order valence-electron chi connectivity index (χ1n) is 12.0. The summed E-state index contributed by atoms with van der Waals surface area (Å²) in [7, 11) is 0. The van der Waals surface area contributed by atoms with Crippen LogP contribution in [0.25, 0.3) is 6.08 Å². The fourth-order valence-electron chi connectivity index (χ4n) is 6.02. The highest BCUT2D eigenvalue weighted by Crippen LogP contribution is 2.55. The summed E-state index contributed by atoms with van der Waals surface area (Å²) in [5, 5.41) is 3.84. The lowest BCUT2D eigenvalue weighted by Gasteiger charge is -2.30. The minimum absolute atomic E-state index is 0.213. The Morgan fingerprint density at radius 2 is 1.69 bits per heavy atom. The van der Waals surface area contributed by atoms with Crippen LogP contribution >= 0.6 is 11.6 Å². The second-order valence-electron chi connectivity index (χ2n) is 9.48. The molecule has 0 unspecified atom stereocenters. The number of imide groups is 1. The second-order valence-corrected chi connectivity index (χ2v) is 9.92. The highest BCUT2D eigenvalue weighted by atomic mass is 35.5. The summed E-state index contributed by atoms with van der Waals surface area (Å²) in [6, 6.07) is 23.7. The number of carbonyl (C=O) groups excluding carboxylic acids is 3. The zero-order chi connectivity index (χ0) is 25.0. The normalized spacial score (nSPS) is 26.9. The summed E-state index contributed by atoms with van der Waals surface area (Å²) >= 11 is 6.16. The van der Waals surface area contributed by atoms with Crippen molar-refractivity contribution in [2.24, 2.45) is 11.8 Å². The van der Waals surface area contributed by atoms with E-state index < -0.39 is 17.4 Å². The standard InChI is InChI=1S/C29H24ClN3O3/c1-18-24-25(27(35)33(26(24)34)21-13-7-12-20(30)17-21)29(31-18)22-14-5-6-15-23(22)32(28(29)36)16-8-11-19-9-3-2-4-10-19/h2-15,17-18,24-25,31H,16H2,1H3/b11-8-/t18-,24+,25+,29-/m0/s1. The van der Waals surface area contributed by atoms with Gasteiger partial charge in [-0.05, 0) is 36.8 Å². The molecule has 3 heterocycles. The number of carbonyl (C=O) groups is 3. The van der Waals surface area contributed by atoms with Gasteiger partial charge in [-0.2, -0.15) is 0 Å². The van der Waals surface area contributed by atoms with Gasteiger partial charge in [0.15, 0.2) is 0 Å². The summed E-state index contributed by atoms with van der Waals surface area (Å²) in [5.74, 6) is -2.41. The highest BCUT2D eigenvalue weighted by Gasteiger charge is 2.71. The molecule has 0 aromatic heterocycles. The van der Waals surface area contributed by atoms with Crippen molar-refractivity contribution in [3.05, 3.63) is 101 Å². The van der Waals surface area contributed by atoms with Gasteiger partial charge in [-0.3, -0.25) is 19.7 Å². The molecule has 1 N–H and O–H groups in total. The topological polar surface area (TPSA) is 69.7 Å². The van der Waals surface area contributed by atoms with E-state index in [4.69, 9.17) is 11.6 Å². The maximum Gasteiger partial charge on any atom is 0.253 e. The summed E-state index contributed by atoms with van der Waals surface area (Å²) in [6.45, 7) is 2.22.